The Bertz CT molecular complexity index is 189. The van der Waals surface area contributed by atoms with E-state index in [0.717, 1.165) is 6.54 Å². The molecule has 0 amide bonds. The second kappa shape index (κ2) is 3.76. The molecule has 0 aromatic heterocycles. The average molecular weight is 167 g/mol. The van der Waals surface area contributed by atoms with Crippen LogP contribution in [-0.4, -0.2) is 18.2 Å². The third kappa shape index (κ3) is 3.58. The molecule has 1 heterocycles. The molecule has 68 valence electrons. The molecule has 0 fully saturated rings. The molecule has 0 radical (unpaired) electrons. The van der Waals surface area contributed by atoms with Crippen molar-refractivity contribution in [1.82, 2.24) is 5.32 Å². The van der Waals surface area contributed by atoms with Crippen LogP contribution in [0.1, 0.15) is 20.8 Å². The molecule has 1 aliphatic heterocycles. The SMILES string of the molecule is CC(C)(C)OC1C=CC=CNC1. The number of rotatable bonds is 1. The van der Waals surface area contributed by atoms with E-state index in [1.54, 1.807) is 0 Å². The van der Waals surface area contributed by atoms with E-state index in [1.165, 1.54) is 0 Å². The summed E-state index contributed by atoms with van der Waals surface area (Å²) in [6, 6.07) is 0. The molecule has 2 heteroatoms. The first-order chi connectivity index (χ1) is 5.58. The van der Waals surface area contributed by atoms with Crippen molar-refractivity contribution in [1.29, 1.82) is 0 Å². The zero-order valence-electron chi connectivity index (χ0n) is 8.00. The Balaban J connectivity index is 2.43. The summed E-state index contributed by atoms with van der Waals surface area (Å²) in [5.41, 5.74) is -0.0684. The maximum absolute atomic E-state index is 5.77. The van der Waals surface area contributed by atoms with E-state index in [4.69, 9.17) is 4.74 Å². The highest BCUT2D eigenvalue weighted by Crippen LogP contribution is 2.11. The normalized spacial score (nSPS) is 23.4. The van der Waals surface area contributed by atoms with Gasteiger partial charge in [-0.05, 0) is 33.0 Å². The van der Waals surface area contributed by atoms with Gasteiger partial charge < -0.3 is 10.1 Å². The van der Waals surface area contributed by atoms with E-state index in [-0.39, 0.29) is 11.7 Å². The highest BCUT2D eigenvalue weighted by atomic mass is 16.5. The first-order valence-electron chi connectivity index (χ1n) is 4.32. The summed E-state index contributed by atoms with van der Waals surface area (Å²) in [5, 5.41) is 3.15. The summed E-state index contributed by atoms with van der Waals surface area (Å²) in [7, 11) is 0. The van der Waals surface area contributed by atoms with Crippen LogP contribution in [0.2, 0.25) is 0 Å². The van der Waals surface area contributed by atoms with Crippen LogP contribution in [0.4, 0.5) is 0 Å². The van der Waals surface area contributed by atoms with E-state index in [9.17, 15) is 0 Å². The molecule has 12 heavy (non-hydrogen) atoms. The molecule has 0 aromatic rings. The fourth-order valence-electron chi connectivity index (χ4n) is 1.10. The lowest BCUT2D eigenvalue weighted by Gasteiger charge is -2.25. The third-order valence-electron chi connectivity index (χ3n) is 1.47. The minimum absolute atomic E-state index is 0.0684. The van der Waals surface area contributed by atoms with E-state index in [2.05, 4.69) is 32.2 Å². The zero-order valence-corrected chi connectivity index (χ0v) is 8.00. The van der Waals surface area contributed by atoms with Gasteiger partial charge >= 0.3 is 0 Å². The Morgan fingerprint density at radius 2 is 2.08 bits per heavy atom. The van der Waals surface area contributed by atoms with Gasteiger partial charge in [0, 0.05) is 6.54 Å². The predicted octanol–water partition coefficient (Wildman–Crippen LogP) is 1.84. The Labute approximate surface area is 74.3 Å². The highest BCUT2D eigenvalue weighted by Gasteiger charge is 2.16. The van der Waals surface area contributed by atoms with E-state index < -0.39 is 0 Å². The van der Waals surface area contributed by atoms with Crippen molar-refractivity contribution in [3.63, 3.8) is 0 Å². The molecule has 1 rings (SSSR count). The second-order valence-electron chi connectivity index (χ2n) is 3.92. The molecule has 0 saturated carbocycles. The van der Waals surface area contributed by atoms with Gasteiger partial charge in [-0.3, -0.25) is 0 Å². The molecule has 1 atom stereocenters. The molecule has 0 spiro atoms. The van der Waals surface area contributed by atoms with Crippen LogP contribution < -0.4 is 5.32 Å². The van der Waals surface area contributed by atoms with Gasteiger partial charge in [-0.1, -0.05) is 12.2 Å². The smallest absolute Gasteiger partial charge is 0.0938 e. The Kier molecular flexibility index (Phi) is 2.93. The lowest BCUT2D eigenvalue weighted by atomic mass is 10.2. The first kappa shape index (κ1) is 9.33. The average Bonchev–Trinajstić information content (AvgIpc) is 2.12. The molecule has 1 N–H and O–H groups in total. The standard InChI is InChI=1S/C10H17NO/c1-10(2,3)12-9-6-4-5-7-11-8-9/h4-7,9,11H,8H2,1-3H3. The van der Waals surface area contributed by atoms with Gasteiger partial charge in [0.05, 0.1) is 11.7 Å². The molecule has 0 aliphatic carbocycles. The van der Waals surface area contributed by atoms with Crippen molar-refractivity contribution < 1.29 is 4.74 Å². The van der Waals surface area contributed by atoms with Crippen LogP contribution in [0.15, 0.2) is 24.4 Å². The largest absolute Gasteiger partial charge is 0.388 e. The number of allylic oxidation sites excluding steroid dienone is 2. The maximum atomic E-state index is 5.77. The number of ether oxygens (including phenoxy) is 1. The topological polar surface area (TPSA) is 21.3 Å². The minimum atomic E-state index is -0.0684. The fourth-order valence-corrected chi connectivity index (χ4v) is 1.10. The van der Waals surface area contributed by atoms with Gasteiger partial charge in [0.1, 0.15) is 0 Å². The van der Waals surface area contributed by atoms with Gasteiger partial charge in [-0.25, -0.2) is 0 Å². The minimum Gasteiger partial charge on any atom is -0.388 e. The van der Waals surface area contributed by atoms with Gasteiger partial charge in [0.2, 0.25) is 0 Å². The molecule has 1 unspecified atom stereocenters. The molecule has 0 saturated heterocycles. The number of nitrogens with one attached hydrogen (secondary N) is 1. The van der Waals surface area contributed by atoms with Gasteiger partial charge in [0.25, 0.3) is 0 Å². The fraction of sp³-hybridized carbons (Fsp3) is 0.600. The summed E-state index contributed by atoms with van der Waals surface area (Å²) in [5.74, 6) is 0. The third-order valence-corrected chi connectivity index (χ3v) is 1.47. The van der Waals surface area contributed by atoms with E-state index >= 15 is 0 Å². The predicted molar refractivity (Wildman–Crippen MR) is 50.9 cm³/mol. The monoisotopic (exact) mass is 167 g/mol. The highest BCUT2D eigenvalue weighted by molar-refractivity contribution is 5.08. The van der Waals surface area contributed by atoms with Crippen LogP contribution in [0.5, 0.6) is 0 Å². The van der Waals surface area contributed by atoms with Crippen molar-refractivity contribution >= 4 is 0 Å². The van der Waals surface area contributed by atoms with Crippen LogP contribution in [-0.2, 0) is 4.74 Å². The summed E-state index contributed by atoms with van der Waals surface area (Å²) >= 11 is 0. The first-order valence-corrected chi connectivity index (χ1v) is 4.32. The summed E-state index contributed by atoms with van der Waals surface area (Å²) in [4.78, 5) is 0. The maximum Gasteiger partial charge on any atom is 0.0938 e. The molecular formula is C10H17NO. The Morgan fingerprint density at radius 1 is 1.33 bits per heavy atom. The van der Waals surface area contributed by atoms with Crippen molar-refractivity contribution in [2.24, 2.45) is 0 Å². The lowest BCUT2D eigenvalue weighted by Crippen LogP contribution is -2.31. The molecule has 0 aromatic carbocycles. The van der Waals surface area contributed by atoms with Crippen molar-refractivity contribution in [2.75, 3.05) is 6.54 Å². The molecule has 2 nitrogen and oxygen atoms in total. The van der Waals surface area contributed by atoms with Crippen LogP contribution in [0.3, 0.4) is 0 Å². The molecule has 0 bridgehead atoms. The zero-order chi connectivity index (χ0) is 9.03. The van der Waals surface area contributed by atoms with Gasteiger partial charge in [-0.15, -0.1) is 0 Å². The van der Waals surface area contributed by atoms with E-state index in [0.29, 0.717) is 0 Å². The second-order valence-corrected chi connectivity index (χ2v) is 3.92. The summed E-state index contributed by atoms with van der Waals surface area (Å²) in [6.07, 6.45) is 8.17. The van der Waals surface area contributed by atoms with Crippen LogP contribution in [0.25, 0.3) is 0 Å². The number of hydrogen-bond donors (Lipinski definition) is 1. The van der Waals surface area contributed by atoms with E-state index in [1.807, 2.05) is 18.4 Å². The Morgan fingerprint density at radius 3 is 2.75 bits per heavy atom. The van der Waals surface area contributed by atoms with Gasteiger partial charge in [-0.2, -0.15) is 0 Å². The summed E-state index contributed by atoms with van der Waals surface area (Å²) in [6.45, 7) is 7.06. The Hall–Kier alpha value is -0.760. The van der Waals surface area contributed by atoms with Crippen molar-refractivity contribution in [3.05, 3.63) is 24.4 Å². The summed E-state index contributed by atoms with van der Waals surface area (Å²) < 4.78 is 5.77. The molecular weight excluding hydrogens is 150 g/mol. The van der Waals surface area contributed by atoms with Crippen LogP contribution in [0, 0.1) is 0 Å². The molecule has 1 aliphatic rings. The number of hydrogen-bond acceptors (Lipinski definition) is 2. The van der Waals surface area contributed by atoms with Gasteiger partial charge in [0.15, 0.2) is 0 Å². The van der Waals surface area contributed by atoms with Crippen molar-refractivity contribution in [2.45, 2.75) is 32.5 Å². The quantitative estimate of drug-likeness (QED) is 0.643. The lowest BCUT2D eigenvalue weighted by molar-refractivity contribution is -0.0356. The van der Waals surface area contributed by atoms with Crippen LogP contribution >= 0.6 is 0 Å². The van der Waals surface area contributed by atoms with Crippen molar-refractivity contribution in [3.8, 4) is 0 Å².